The van der Waals surface area contributed by atoms with Crippen LogP contribution in [0.15, 0.2) is 115 Å². The Hall–Kier alpha value is -3.57. The van der Waals surface area contributed by atoms with Gasteiger partial charge in [0, 0.05) is 21.2 Å². The summed E-state index contributed by atoms with van der Waals surface area (Å²) in [5.41, 5.74) is 1.47. The highest BCUT2D eigenvalue weighted by atomic mass is 32.2. The second-order valence-corrected chi connectivity index (χ2v) is 8.06. The minimum Gasteiger partial charge on any atom is -0.422 e. The Morgan fingerprint density at radius 1 is 0.800 bits per heavy atom. The van der Waals surface area contributed by atoms with Crippen LogP contribution in [0, 0.1) is 0 Å². The molecule has 0 saturated heterocycles. The molecule has 5 rings (SSSR count). The summed E-state index contributed by atoms with van der Waals surface area (Å²) in [6.07, 6.45) is 0. The minimum absolute atomic E-state index is 0.172. The minimum atomic E-state index is -0.466. The average molecular weight is 411 g/mol. The van der Waals surface area contributed by atoms with Gasteiger partial charge in [0.05, 0.1) is 17.4 Å². The topological polar surface area (TPSA) is 52.2 Å². The average Bonchev–Trinajstić information content (AvgIpc) is 2.78. The first-order chi connectivity index (χ1) is 14.7. The molecule has 0 N–H and O–H groups in total. The fourth-order valence-corrected chi connectivity index (χ4v) is 4.61. The SMILES string of the molecule is O=c1cc(Sc2ccccc2)c2c(=O)n(Cc3ccccc3)c3ccccc3c2o1. The standard InChI is InChI=1S/C25H17NO3S/c27-22-15-21(30-18-11-5-2-6-12-18)23-24(29-22)19-13-7-8-14-20(19)26(25(23)28)16-17-9-3-1-4-10-17/h1-15H,16H2. The third-order valence-electron chi connectivity index (χ3n) is 4.98. The molecule has 0 aliphatic rings. The lowest BCUT2D eigenvalue weighted by molar-refractivity contribution is 0.559. The van der Waals surface area contributed by atoms with Gasteiger partial charge in [0.2, 0.25) is 0 Å². The monoisotopic (exact) mass is 411 g/mol. The first-order valence-corrected chi connectivity index (χ1v) is 10.4. The van der Waals surface area contributed by atoms with Crippen molar-refractivity contribution in [1.82, 2.24) is 4.57 Å². The lowest BCUT2D eigenvalue weighted by Crippen LogP contribution is -2.22. The number of nitrogens with zero attached hydrogens (tertiary/aromatic N) is 1. The Morgan fingerprint density at radius 2 is 1.47 bits per heavy atom. The van der Waals surface area contributed by atoms with Gasteiger partial charge in [-0.15, -0.1) is 0 Å². The molecule has 0 aliphatic carbocycles. The fourth-order valence-electron chi connectivity index (χ4n) is 3.63. The van der Waals surface area contributed by atoms with E-state index in [0.29, 0.717) is 22.4 Å². The fraction of sp³-hybridized carbons (Fsp3) is 0.0400. The first-order valence-electron chi connectivity index (χ1n) is 9.57. The zero-order valence-electron chi connectivity index (χ0n) is 15.9. The zero-order chi connectivity index (χ0) is 20.5. The van der Waals surface area contributed by atoms with E-state index in [1.807, 2.05) is 84.9 Å². The van der Waals surface area contributed by atoms with Crippen LogP contribution >= 0.6 is 11.8 Å². The first kappa shape index (κ1) is 18.5. The molecule has 2 aromatic heterocycles. The van der Waals surface area contributed by atoms with E-state index in [1.165, 1.54) is 17.8 Å². The molecule has 5 aromatic rings. The van der Waals surface area contributed by atoms with E-state index >= 15 is 0 Å². The predicted molar refractivity (Wildman–Crippen MR) is 120 cm³/mol. The lowest BCUT2D eigenvalue weighted by atomic mass is 10.1. The number of hydrogen-bond acceptors (Lipinski definition) is 4. The van der Waals surface area contributed by atoms with Gasteiger partial charge in [-0.1, -0.05) is 72.4 Å². The Balaban J connectivity index is 1.83. The molecule has 2 heterocycles. The van der Waals surface area contributed by atoms with Gasteiger partial charge in [-0.25, -0.2) is 4.79 Å². The Morgan fingerprint density at radius 3 is 2.23 bits per heavy atom. The maximum absolute atomic E-state index is 13.7. The maximum Gasteiger partial charge on any atom is 0.337 e. The summed E-state index contributed by atoms with van der Waals surface area (Å²) in [7, 11) is 0. The van der Waals surface area contributed by atoms with E-state index in [2.05, 4.69) is 0 Å². The molecular weight excluding hydrogens is 394 g/mol. The molecule has 0 spiro atoms. The second-order valence-electron chi connectivity index (χ2n) is 6.94. The largest absolute Gasteiger partial charge is 0.422 e. The normalized spacial score (nSPS) is 11.2. The summed E-state index contributed by atoms with van der Waals surface area (Å²) in [6.45, 7) is 0.435. The van der Waals surface area contributed by atoms with Gasteiger partial charge in [0.15, 0.2) is 5.58 Å². The van der Waals surface area contributed by atoms with Crippen LogP contribution < -0.4 is 11.2 Å². The number of rotatable bonds is 4. The van der Waals surface area contributed by atoms with Crippen LogP contribution in [0.5, 0.6) is 0 Å². The Bertz CT molecular complexity index is 1470. The van der Waals surface area contributed by atoms with Crippen LogP contribution in [0.2, 0.25) is 0 Å². The van der Waals surface area contributed by atoms with E-state index in [4.69, 9.17) is 4.42 Å². The maximum atomic E-state index is 13.7. The van der Waals surface area contributed by atoms with Crippen molar-refractivity contribution >= 4 is 33.6 Å². The molecular formula is C25H17NO3S. The highest BCUT2D eigenvalue weighted by Gasteiger charge is 2.18. The molecule has 0 saturated carbocycles. The number of pyridine rings is 1. The molecule has 0 bridgehead atoms. The van der Waals surface area contributed by atoms with Crippen LogP contribution in [-0.2, 0) is 6.54 Å². The van der Waals surface area contributed by atoms with Crippen molar-refractivity contribution < 1.29 is 4.42 Å². The summed E-state index contributed by atoms with van der Waals surface area (Å²) in [5.74, 6) is 0. The van der Waals surface area contributed by atoms with Crippen molar-refractivity contribution in [2.75, 3.05) is 0 Å². The highest BCUT2D eigenvalue weighted by Crippen LogP contribution is 2.33. The van der Waals surface area contributed by atoms with Gasteiger partial charge in [-0.3, -0.25) is 4.79 Å². The van der Waals surface area contributed by atoms with Crippen LogP contribution in [0.3, 0.4) is 0 Å². The number of para-hydroxylation sites is 1. The van der Waals surface area contributed by atoms with Crippen LogP contribution in [0.4, 0.5) is 0 Å². The van der Waals surface area contributed by atoms with Crippen LogP contribution in [0.1, 0.15) is 5.56 Å². The van der Waals surface area contributed by atoms with Crippen molar-refractivity contribution in [1.29, 1.82) is 0 Å². The van der Waals surface area contributed by atoms with E-state index in [0.717, 1.165) is 21.4 Å². The summed E-state index contributed by atoms with van der Waals surface area (Å²) in [6, 6.07) is 28.5. The van der Waals surface area contributed by atoms with Crippen LogP contribution in [-0.4, -0.2) is 4.57 Å². The molecule has 0 fully saturated rings. The van der Waals surface area contributed by atoms with E-state index in [9.17, 15) is 9.59 Å². The van der Waals surface area contributed by atoms with Crippen molar-refractivity contribution in [2.24, 2.45) is 0 Å². The Labute approximate surface area is 176 Å². The molecule has 3 aromatic carbocycles. The molecule has 0 aliphatic heterocycles. The third-order valence-corrected chi connectivity index (χ3v) is 6.03. The quantitative estimate of drug-likeness (QED) is 0.376. The van der Waals surface area contributed by atoms with Crippen molar-refractivity contribution in [3.63, 3.8) is 0 Å². The van der Waals surface area contributed by atoms with Gasteiger partial charge >= 0.3 is 5.63 Å². The third kappa shape index (κ3) is 3.33. The van der Waals surface area contributed by atoms with E-state index < -0.39 is 5.63 Å². The van der Waals surface area contributed by atoms with Crippen molar-refractivity contribution in [3.8, 4) is 0 Å². The molecule has 5 heteroatoms. The molecule has 0 amide bonds. The summed E-state index contributed by atoms with van der Waals surface area (Å²) < 4.78 is 7.31. The second kappa shape index (κ2) is 7.69. The summed E-state index contributed by atoms with van der Waals surface area (Å²) in [5, 5.41) is 1.17. The molecule has 0 radical (unpaired) electrons. The molecule has 146 valence electrons. The number of fused-ring (bicyclic) bond motifs is 3. The molecule has 4 nitrogen and oxygen atoms in total. The van der Waals surface area contributed by atoms with Crippen molar-refractivity contribution in [3.05, 3.63) is 117 Å². The number of aromatic nitrogens is 1. The number of hydrogen-bond donors (Lipinski definition) is 0. The van der Waals surface area contributed by atoms with Gasteiger partial charge in [0.1, 0.15) is 0 Å². The van der Waals surface area contributed by atoms with Gasteiger partial charge < -0.3 is 8.98 Å². The van der Waals surface area contributed by atoms with Gasteiger partial charge in [-0.05, 0) is 29.8 Å². The Kier molecular flexibility index (Phi) is 4.73. The number of benzene rings is 3. The van der Waals surface area contributed by atoms with Crippen LogP contribution in [0.25, 0.3) is 21.9 Å². The van der Waals surface area contributed by atoms with E-state index in [-0.39, 0.29) is 5.56 Å². The zero-order valence-corrected chi connectivity index (χ0v) is 16.8. The van der Waals surface area contributed by atoms with Gasteiger partial charge in [-0.2, -0.15) is 0 Å². The summed E-state index contributed by atoms with van der Waals surface area (Å²) in [4.78, 5) is 27.5. The molecule has 0 unspecified atom stereocenters. The summed E-state index contributed by atoms with van der Waals surface area (Å²) >= 11 is 1.40. The molecule has 30 heavy (non-hydrogen) atoms. The highest BCUT2D eigenvalue weighted by molar-refractivity contribution is 7.99. The predicted octanol–water partition coefficient (Wildman–Crippen LogP) is 5.31. The van der Waals surface area contributed by atoms with E-state index in [1.54, 1.807) is 4.57 Å². The lowest BCUT2D eigenvalue weighted by Gasteiger charge is -2.14. The van der Waals surface area contributed by atoms with Gasteiger partial charge in [0.25, 0.3) is 5.56 Å². The smallest absolute Gasteiger partial charge is 0.337 e. The van der Waals surface area contributed by atoms with Crippen molar-refractivity contribution in [2.45, 2.75) is 16.3 Å². The molecule has 0 atom stereocenters.